The second kappa shape index (κ2) is 5.43. The lowest BCUT2D eigenvalue weighted by Gasteiger charge is -2.39. The van der Waals surface area contributed by atoms with E-state index in [9.17, 15) is 9.59 Å². The van der Waals surface area contributed by atoms with E-state index in [2.05, 4.69) is 18.9 Å². The van der Waals surface area contributed by atoms with E-state index < -0.39 is 0 Å². The normalized spacial score (nSPS) is 27.6. The molecule has 6 nitrogen and oxygen atoms in total. The summed E-state index contributed by atoms with van der Waals surface area (Å²) in [6.07, 6.45) is 0.959. The first-order valence-corrected chi connectivity index (χ1v) is 10.5. The van der Waals surface area contributed by atoms with Crippen LogP contribution in [0, 0.1) is 0 Å². The Morgan fingerprint density at radius 1 is 1.31 bits per heavy atom. The number of amides is 1. The third-order valence-corrected chi connectivity index (χ3v) is 8.32. The van der Waals surface area contributed by atoms with E-state index >= 15 is 0 Å². The van der Waals surface area contributed by atoms with E-state index in [1.807, 2.05) is 11.4 Å². The van der Waals surface area contributed by atoms with E-state index in [1.165, 1.54) is 11.3 Å². The van der Waals surface area contributed by atoms with Crippen LogP contribution in [0.2, 0.25) is 0 Å². The van der Waals surface area contributed by atoms with Crippen LogP contribution in [-0.2, 0) is 12.0 Å². The molecule has 0 N–H and O–H groups in total. The summed E-state index contributed by atoms with van der Waals surface area (Å²) in [5.41, 5.74) is 1.30. The van der Waals surface area contributed by atoms with Gasteiger partial charge in [0.25, 0.3) is 11.5 Å². The van der Waals surface area contributed by atoms with Gasteiger partial charge in [0.15, 0.2) is 0 Å². The second-order valence-corrected chi connectivity index (χ2v) is 9.77. The Morgan fingerprint density at radius 3 is 2.92 bits per heavy atom. The number of nitrogens with zero attached hydrogens (tertiary/aromatic N) is 4. The molecule has 0 aromatic carbocycles. The molecule has 0 saturated carbocycles. The van der Waals surface area contributed by atoms with Crippen LogP contribution in [0.1, 0.15) is 35.1 Å². The van der Waals surface area contributed by atoms with Crippen molar-refractivity contribution in [1.82, 2.24) is 19.4 Å². The van der Waals surface area contributed by atoms with Crippen LogP contribution in [-0.4, -0.2) is 57.7 Å². The van der Waals surface area contributed by atoms with Crippen LogP contribution < -0.4 is 5.56 Å². The standard InChI is InChI=1S/C18H20N4O2S2/c1-18-5-6-20(2)8-11(18)26-14-13(18)16(24)22-12(19-14)9-21(3)15(23)10-4-7-25-17(10)22/h4,7,11H,5-6,8-9H2,1-3H3. The number of likely N-dealkylation sites (tertiary alicyclic amines) is 1. The summed E-state index contributed by atoms with van der Waals surface area (Å²) < 4.78 is 1.70. The molecule has 2 aromatic rings. The summed E-state index contributed by atoms with van der Waals surface area (Å²) in [6.45, 7) is 4.52. The van der Waals surface area contributed by atoms with Gasteiger partial charge in [0.05, 0.1) is 17.7 Å². The SMILES string of the molecule is CN1CCC2(C)c3c(nc4n(c3=O)-c3sccc3C(=O)N(C)C4)SC2C1. The molecule has 8 heteroatoms. The molecule has 0 radical (unpaired) electrons. The van der Waals surface area contributed by atoms with Gasteiger partial charge in [-0.25, -0.2) is 4.98 Å². The molecule has 136 valence electrons. The minimum Gasteiger partial charge on any atom is -0.334 e. The molecule has 1 amide bonds. The molecule has 3 aliphatic rings. The number of aromatic nitrogens is 2. The zero-order valence-electron chi connectivity index (χ0n) is 15.0. The molecule has 0 spiro atoms. The quantitative estimate of drug-likeness (QED) is 0.646. The summed E-state index contributed by atoms with van der Waals surface area (Å²) in [4.78, 5) is 35.2. The molecular formula is C18H20N4O2S2. The van der Waals surface area contributed by atoms with Gasteiger partial charge in [0.2, 0.25) is 0 Å². The smallest absolute Gasteiger partial charge is 0.263 e. The summed E-state index contributed by atoms with van der Waals surface area (Å²) in [5.74, 6) is 0.608. The van der Waals surface area contributed by atoms with Gasteiger partial charge >= 0.3 is 0 Å². The summed E-state index contributed by atoms with van der Waals surface area (Å²) in [7, 11) is 3.90. The first kappa shape index (κ1) is 16.5. The molecule has 2 unspecified atom stereocenters. The zero-order chi connectivity index (χ0) is 18.2. The number of carbonyl (C=O) groups excluding carboxylic acids is 1. The van der Waals surface area contributed by atoms with Crippen LogP contribution in [0.15, 0.2) is 21.3 Å². The van der Waals surface area contributed by atoms with Crippen LogP contribution in [0.5, 0.6) is 0 Å². The van der Waals surface area contributed by atoms with Gasteiger partial charge < -0.3 is 9.80 Å². The van der Waals surface area contributed by atoms with Crippen molar-refractivity contribution in [2.24, 2.45) is 0 Å². The predicted molar refractivity (Wildman–Crippen MR) is 103 cm³/mol. The molecule has 0 bridgehead atoms. The largest absolute Gasteiger partial charge is 0.334 e. The zero-order valence-corrected chi connectivity index (χ0v) is 16.6. The molecule has 1 saturated heterocycles. The fraction of sp³-hybridized carbons (Fsp3) is 0.500. The van der Waals surface area contributed by atoms with Crippen LogP contribution in [0.25, 0.3) is 5.00 Å². The summed E-state index contributed by atoms with van der Waals surface area (Å²) in [6, 6.07) is 1.81. The lowest BCUT2D eigenvalue weighted by atomic mass is 9.75. The predicted octanol–water partition coefficient (Wildman–Crippen LogP) is 1.95. The molecule has 26 heavy (non-hydrogen) atoms. The van der Waals surface area contributed by atoms with Crippen molar-refractivity contribution in [3.63, 3.8) is 0 Å². The minimum atomic E-state index is -0.155. The van der Waals surface area contributed by atoms with Crippen molar-refractivity contribution < 1.29 is 4.79 Å². The number of piperidine rings is 1. The van der Waals surface area contributed by atoms with E-state index in [4.69, 9.17) is 4.98 Å². The van der Waals surface area contributed by atoms with Crippen LogP contribution in [0.3, 0.4) is 0 Å². The van der Waals surface area contributed by atoms with Gasteiger partial charge in [0.1, 0.15) is 15.9 Å². The lowest BCUT2D eigenvalue weighted by molar-refractivity contribution is 0.0786. The number of fused-ring (bicyclic) bond motifs is 6. The number of rotatable bonds is 0. The van der Waals surface area contributed by atoms with Gasteiger partial charge in [-0.3, -0.25) is 14.2 Å². The average Bonchev–Trinajstić information content (AvgIpc) is 3.14. The molecule has 1 fully saturated rings. The van der Waals surface area contributed by atoms with E-state index in [0.717, 1.165) is 30.1 Å². The topological polar surface area (TPSA) is 58.4 Å². The molecule has 2 atom stereocenters. The van der Waals surface area contributed by atoms with Gasteiger partial charge in [0, 0.05) is 24.3 Å². The number of carbonyl (C=O) groups is 1. The summed E-state index contributed by atoms with van der Waals surface area (Å²) >= 11 is 3.17. The van der Waals surface area contributed by atoms with E-state index in [0.29, 0.717) is 28.2 Å². The Balaban J connectivity index is 1.77. The third-order valence-electron chi connectivity index (χ3n) is 5.95. The Morgan fingerprint density at radius 2 is 2.12 bits per heavy atom. The molecule has 5 heterocycles. The number of thioether (sulfide) groups is 1. The highest BCUT2D eigenvalue weighted by Gasteiger charge is 2.50. The molecule has 0 aliphatic carbocycles. The highest BCUT2D eigenvalue weighted by atomic mass is 32.2. The second-order valence-electron chi connectivity index (χ2n) is 7.69. The van der Waals surface area contributed by atoms with Gasteiger partial charge in [-0.15, -0.1) is 23.1 Å². The Hall–Kier alpha value is -1.64. The maximum Gasteiger partial charge on any atom is 0.263 e. The van der Waals surface area contributed by atoms with Crippen molar-refractivity contribution >= 4 is 29.0 Å². The van der Waals surface area contributed by atoms with Crippen LogP contribution in [0.4, 0.5) is 0 Å². The average molecular weight is 389 g/mol. The van der Waals surface area contributed by atoms with Gasteiger partial charge in [-0.1, -0.05) is 6.92 Å². The molecule has 2 aromatic heterocycles. The highest BCUT2D eigenvalue weighted by Crippen LogP contribution is 2.51. The lowest BCUT2D eigenvalue weighted by Crippen LogP contribution is -2.49. The third kappa shape index (κ3) is 2.06. The maximum atomic E-state index is 13.6. The minimum absolute atomic E-state index is 0.0128. The Labute approximate surface area is 159 Å². The van der Waals surface area contributed by atoms with E-state index in [1.54, 1.807) is 28.3 Å². The first-order valence-electron chi connectivity index (χ1n) is 8.75. The number of hydrogen-bond donors (Lipinski definition) is 0. The fourth-order valence-electron chi connectivity index (χ4n) is 4.31. The number of hydrogen-bond acceptors (Lipinski definition) is 6. The Bertz CT molecular complexity index is 998. The van der Waals surface area contributed by atoms with Crippen molar-refractivity contribution in [1.29, 1.82) is 0 Å². The van der Waals surface area contributed by atoms with Gasteiger partial charge in [-0.2, -0.15) is 0 Å². The van der Waals surface area contributed by atoms with E-state index in [-0.39, 0.29) is 16.9 Å². The van der Waals surface area contributed by atoms with Crippen molar-refractivity contribution in [3.8, 4) is 5.00 Å². The fourth-order valence-corrected chi connectivity index (χ4v) is 6.91. The van der Waals surface area contributed by atoms with Crippen molar-refractivity contribution in [3.05, 3.63) is 38.8 Å². The Kier molecular flexibility index (Phi) is 3.45. The van der Waals surface area contributed by atoms with Gasteiger partial charge in [-0.05, 0) is 31.5 Å². The molecular weight excluding hydrogens is 368 g/mol. The molecule has 5 rings (SSSR count). The van der Waals surface area contributed by atoms with Crippen molar-refractivity contribution in [2.75, 3.05) is 27.2 Å². The first-order chi connectivity index (χ1) is 12.4. The molecule has 3 aliphatic heterocycles. The maximum absolute atomic E-state index is 13.6. The monoisotopic (exact) mass is 388 g/mol. The summed E-state index contributed by atoms with van der Waals surface area (Å²) in [5, 5.41) is 3.80. The number of thiophene rings is 1. The van der Waals surface area contributed by atoms with Crippen LogP contribution >= 0.6 is 23.1 Å². The highest BCUT2D eigenvalue weighted by molar-refractivity contribution is 8.00. The van der Waals surface area contributed by atoms with Crippen molar-refractivity contribution in [2.45, 2.75) is 35.6 Å².